The summed E-state index contributed by atoms with van der Waals surface area (Å²) >= 11 is 0. The molecule has 20 heavy (non-hydrogen) atoms. The molecule has 3 rings (SSSR count). The van der Waals surface area contributed by atoms with Crippen LogP contribution in [0.25, 0.3) is 11.0 Å². The largest absolute Gasteiger partial charge is 0.458 e. The van der Waals surface area contributed by atoms with Gasteiger partial charge in [0.15, 0.2) is 0 Å². The summed E-state index contributed by atoms with van der Waals surface area (Å²) in [6, 6.07) is 10.3. The Morgan fingerprint density at radius 3 is 3.05 bits per heavy atom. The molecular weight excluding hydrogens is 250 g/mol. The van der Waals surface area contributed by atoms with Crippen LogP contribution in [0, 0.1) is 5.92 Å². The third-order valence-corrected chi connectivity index (χ3v) is 4.46. The molecule has 1 aromatic heterocycles. The Balaban J connectivity index is 1.67. The van der Waals surface area contributed by atoms with Crippen molar-refractivity contribution in [3.05, 3.63) is 36.1 Å². The van der Waals surface area contributed by atoms with Gasteiger partial charge in [0.05, 0.1) is 0 Å². The Morgan fingerprint density at radius 1 is 1.40 bits per heavy atom. The van der Waals surface area contributed by atoms with E-state index in [2.05, 4.69) is 12.2 Å². The quantitative estimate of drug-likeness (QED) is 0.894. The molecule has 0 bridgehead atoms. The summed E-state index contributed by atoms with van der Waals surface area (Å²) < 4.78 is 5.75. The van der Waals surface area contributed by atoms with Crippen LogP contribution in [-0.2, 0) is 0 Å². The van der Waals surface area contributed by atoms with E-state index in [-0.39, 0.29) is 0 Å². The smallest absolute Gasteiger partial charge is 0.134 e. The predicted molar refractivity (Wildman–Crippen MR) is 80.6 cm³/mol. The van der Waals surface area contributed by atoms with E-state index >= 15 is 0 Å². The van der Waals surface area contributed by atoms with Gasteiger partial charge in [-0.3, -0.25) is 0 Å². The zero-order valence-corrected chi connectivity index (χ0v) is 12.0. The Kier molecular flexibility index (Phi) is 4.08. The summed E-state index contributed by atoms with van der Waals surface area (Å²) in [5.41, 5.74) is 0.851. The van der Waals surface area contributed by atoms with E-state index in [1.165, 1.54) is 12.8 Å². The van der Waals surface area contributed by atoms with Gasteiger partial charge in [-0.25, -0.2) is 0 Å². The Labute approximate surface area is 120 Å². The van der Waals surface area contributed by atoms with E-state index in [0.29, 0.717) is 11.8 Å². The van der Waals surface area contributed by atoms with Crippen LogP contribution in [-0.4, -0.2) is 17.7 Å². The van der Waals surface area contributed by atoms with E-state index in [4.69, 9.17) is 4.42 Å². The van der Waals surface area contributed by atoms with Crippen molar-refractivity contribution in [3.63, 3.8) is 0 Å². The van der Waals surface area contributed by atoms with Gasteiger partial charge in [-0.2, -0.15) is 0 Å². The van der Waals surface area contributed by atoms with E-state index in [1.54, 1.807) is 0 Å². The predicted octanol–water partition coefficient (Wildman–Crippen LogP) is 3.63. The van der Waals surface area contributed by atoms with Gasteiger partial charge < -0.3 is 14.8 Å². The molecule has 1 saturated heterocycles. The fourth-order valence-corrected chi connectivity index (χ4v) is 3.20. The number of nitrogens with one attached hydrogen (secondary N) is 1. The topological polar surface area (TPSA) is 45.4 Å². The number of rotatable bonds is 4. The number of aliphatic hydroxyl groups excluding tert-OH is 1. The fourth-order valence-electron chi connectivity index (χ4n) is 3.20. The maximum absolute atomic E-state index is 10.4. The van der Waals surface area contributed by atoms with Gasteiger partial charge in [-0.05, 0) is 43.9 Å². The Bertz CT molecular complexity index is 530. The lowest BCUT2D eigenvalue weighted by Crippen LogP contribution is -2.38. The summed E-state index contributed by atoms with van der Waals surface area (Å²) in [6.45, 7) is 3.32. The van der Waals surface area contributed by atoms with Gasteiger partial charge in [-0.1, -0.05) is 31.5 Å². The Hall–Kier alpha value is -1.32. The first-order chi connectivity index (χ1) is 9.76. The second kappa shape index (κ2) is 5.98. The van der Waals surface area contributed by atoms with E-state index in [1.807, 2.05) is 30.3 Å². The summed E-state index contributed by atoms with van der Waals surface area (Å²) in [6.07, 6.45) is 3.87. The first-order valence-electron chi connectivity index (χ1n) is 7.66. The van der Waals surface area contributed by atoms with Crippen molar-refractivity contribution in [2.45, 2.75) is 44.8 Å². The average Bonchev–Trinajstić information content (AvgIpc) is 2.91. The van der Waals surface area contributed by atoms with Crippen LogP contribution in [0.4, 0.5) is 0 Å². The second-order valence-electron chi connectivity index (χ2n) is 5.89. The minimum atomic E-state index is -0.518. The molecule has 3 heteroatoms. The Morgan fingerprint density at radius 2 is 2.25 bits per heavy atom. The lowest BCUT2D eigenvalue weighted by Gasteiger charge is -2.30. The maximum atomic E-state index is 10.4. The zero-order chi connectivity index (χ0) is 13.9. The van der Waals surface area contributed by atoms with Gasteiger partial charge in [0.2, 0.25) is 0 Å². The number of hydrogen-bond donors (Lipinski definition) is 2. The lowest BCUT2D eigenvalue weighted by atomic mass is 9.88. The third-order valence-electron chi connectivity index (χ3n) is 4.46. The molecule has 3 atom stereocenters. The van der Waals surface area contributed by atoms with Gasteiger partial charge in [-0.15, -0.1) is 0 Å². The van der Waals surface area contributed by atoms with Crippen molar-refractivity contribution in [2.75, 3.05) is 6.54 Å². The van der Waals surface area contributed by atoms with Crippen LogP contribution in [0.2, 0.25) is 0 Å². The number of piperidine rings is 1. The molecule has 108 valence electrons. The molecule has 0 radical (unpaired) electrons. The van der Waals surface area contributed by atoms with Crippen LogP contribution < -0.4 is 5.32 Å². The fraction of sp³-hybridized carbons (Fsp3) is 0.529. The van der Waals surface area contributed by atoms with E-state index in [9.17, 15) is 5.11 Å². The molecular formula is C17H23NO2. The van der Waals surface area contributed by atoms with Crippen molar-refractivity contribution in [1.29, 1.82) is 0 Å². The first-order valence-corrected chi connectivity index (χ1v) is 7.66. The van der Waals surface area contributed by atoms with Crippen molar-refractivity contribution in [1.82, 2.24) is 5.32 Å². The van der Waals surface area contributed by atoms with Crippen LogP contribution in [0.15, 0.2) is 34.7 Å². The highest BCUT2D eigenvalue weighted by atomic mass is 16.4. The zero-order valence-electron chi connectivity index (χ0n) is 12.0. The summed E-state index contributed by atoms with van der Waals surface area (Å²) in [4.78, 5) is 0. The monoisotopic (exact) mass is 273 g/mol. The summed E-state index contributed by atoms with van der Waals surface area (Å²) in [7, 11) is 0. The SMILES string of the molecule is CCC1CCNC(CC(O)c2cc3ccccc3o2)C1. The number of hydrogen-bond acceptors (Lipinski definition) is 3. The molecule has 2 aromatic rings. The molecule has 2 heterocycles. The number of fused-ring (bicyclic) bond motifs is 1. The van der Waals surface area contributed by atoms with Crippen LogP contribution >= 0.6 is 0 Å². The number of benzene rings is 1. The minimum absolute atomic E-state index is 0.400. The summed E-state index contributed by atoms with van der Waals surface area (Å²) in [5, 5.41) is 15.0. The minimum Gasteiger partial charge on any atom is -0.458 e. The van der Waals surface area contributed by atoms with Crippen molar-refractivity contribution >= 4 is 11.0 Å². The average molecular weight is 273 g/mol. The number of furan rings is 1. The van der Waals surface area contributed by atoms with Crippen molar-refractivity contribution in [3.8, 4) is 0 Å². The highest BCUT2D eigenvalue weighted by molar-refractivity contribution is 5.77. The molecule has 0 saturated carbocycles. The molecule has 1 fully saturated rings. The molecule has 2 N–H and O–H groups in total. The van der Waals surface area contributed by atoms with Crippen LogP contribution in [0.1, 0.15) is 44.5 Å². The second-order valence-corrected chi connectivity index (χ2v) is 5.89. The lowest BCUT2D eigenvalue weighted by molar-refractivity contribution is 0.116. The van der Waals surface area contributed by atoms with Crippen LogP contribution in [0.5, 0.6) is 0 Å². The molecule has 0 amide bonds. The number of aliphatic hydroxyl groups is 1. The van der Waals surface area contributed by atoms with Crippen molar-refractivity contribution < 1.29 is 9.52 Å². The maximum Gasteiger partial charge on any atom is 0.134 e. The molecule has 1 aromatic carbocycles. The van der Waals surface area contributed by atoms with Gasteiger partial charge in [0, 0.05) is 11.4 Å². The highest BCUT2D eigenvalue weighted by Crippen LogP contribution is 2.29. The normalized spacial score (nSPS) is 24.9. The molecule has 1 aliphatic rings. The molecule has 1 aliphatic heterocycles. The van der Waals surface area contributed by atoms with Gasteiger partial charge >= 0.3 is 0 Å². The van der Waals surface area contributed by atoms with Crippen LogP contribution in [0.3, 0.4) is 0 Å². The highest BCUT2D eigenvalue weighted by Gasteiger charge is 2.24. The van der Waals surface area contributed by atoms with E-state index < -0.39 is 6.10 Å². The van der Waals surface area contributed by atoms with Crippen molar-refractivity contribution in [2.24, 2.45) is 5.92 Å². The first kappa shape index (κ1) is 13.7. The molecule has 0 spiro atoms. The van der Waals surface area contributed by atoms with Gasteiger partial charge in [0.1, 0.15) is 17.4 Å². The molecule has 0 aliphatic carbocycles. The standard InChI is InChI=1S/C17H23NO2/c1-2-12-7-8-18-14(9-12)11-15(19)17-10-13-5-3-4-6-16(13)20-17/h3-6,10,12,14-15,18-19H,2,7-9,11H2,1H3. The number of para-hydroxylation sites is 1. The third kappa shape index (κ3) is 2.89. The molecule has 3 nitrogen and oxygen atoms in total. The van der Waals surface area contributed by atoms with Gasteiger partial charge in [0.25, 0.3) is 0 Å². The summed E-state index contributed by atoms with van der Waals surface area (Å²) in [5.74, 6) is 1.48. The van der Waals surface area contributed by atoms with E-state index in [0.717, 1.165) is 36.3 Å². The molecule has 3 unspecified atom stereocenters.